The largest absolute Gasteiger partial charge is 0.273 e. The zero-order valence-corrected chi connectivity index (χ0v) is 20.5. The van der Waals surface area contributed by atoms with Crippen molar-refractivity contribution in [3.63, 3.8) is 0 Å². The maximum absolute atomic E-state index is 13.6. The van der Waals surface area contributed by atoms with E-state index in [2.05, 4.69) is 34.1 Å². The van der Waals surface area contributed by atoms with Crippen molar-refractivity contribution in [1.29, 1.82) is 0 Å². The fraction of sp³-hybridized carbons (Fsp3) is 0.179. The number of pyridine rings is 1. The fourth-order valence-electron chi connectivity index (χ4n) is 4.61. The van der Waals surface area contributed by atoms with Crippen LogP contribution >= 0.6 is 15.9 Å². The van der Waals surface area contributed by atoms with E-state index in [0.717, 1.165) is 49.0 Å². The molecule has 1 unspecified atom stereocenters. The molecule has 1 atom stereocenters. The van der Waals surface area contributed by atoms with Crippen LogP contribution in [0.4, 0.5) is 4.39 Å². The summed E-state index contributed by atoms with van der Waals surface area (Å²) in [6.07, 6.45) is 0.862. The van der Waals surface area contributed by atoms with Crippen LogP contribution in [-0.2, 0) is 4.79 Å². The summed E-state index contributed by atoms with van der Waals surface area (Å²) < 4.78 is 14.6. The van der Waals surface area contributed by atoms with Crippen LogP contribution in [0.2, 0.25) is 0 Å². The van der Waals surface area contributed by atoms with Crippen molar-refractivity contribution in [2.24, 2.45) is 5.10 Å². The molecule has 1 amide bonds. The molecule has 6 heteroatoms. The lowest BCUT2D eigenvalue weighted by Crippen LogP contribution is -2.26. The van der Waals surface area contributed by atoms with E-state index >= 15 is 0 Å². The molecule has 0 radical (unpaired) electrons. The Bertz CT molecular complexity index is 1420. The van der Waals surface area contributed by atoms with E-state index < -0.39 is 0 Å². The number of rotatable bonds is 4. The second-order valence-corrected chi connectivity index (χ2v) is 9.30. The standard InChI is InChI=1S/C28H23BrFN3O/c1-3-26(34)33-25(18-9-12-21(30)13-10-18)16-24(32-33)27-17(2)31-23-14-11-20(29)15-22(23)28(27)19-7-5-4-6-8-19/h4-15,25H,3,16H2,1-2H3. The minimum absolute atomic E-state index is 0.0697. The molecule has 2 heterocycles. The lowest BCUT2D eigenvalue weighted by Gasteiger charge is -2.21. The van der Waals surface area contributed by atoms with E-state index in [0.29, 0.717) is 12.8 Å². The molecule has 170 valence electrons. The fourth-order valence-corrected chi connectivity index (χ4v) is 4.97. The van der Waals surface area contributed by atoms with Gasteiger partial charge < -0.3 is 0 Å². The summed E-state index contributed by atoms with van der Waals surface area (Å²) in [5.74, 6) is -0.373. The number of hydrogen-bond donors (Lipinski definition) is 0. The Labute approximate surface area is 206 Å². The number of carbonyl (C=O) groups is 1. The normalized spacial score (nSPS) is 15.6. The quantitative estimate of drug-likeness (QED) is 0.288. The van der Waals surface area contributed by atoms with Crippen LogP contribution < -0.4 is 0 Å². The molecule has 0 bridgehead atoms. The summed E-state index contributed by atoms with van der Waals surface area (Å²) in [6.45, 7) is 3.82. The third-order valence-electron chi connectivity index (χ3n) is 6.20. The molecule has 0 saturated heterocycles. The van der Waals surface area contributed by atoms with Crippen molar-refractivity contribution in [3.05, 3.63) is 99.9 Å². The molecule has 1 aliphatic rings. The second-order valence-electron chi connectivity index (χ2n) is 8.38. The van der Waals surface area contributed by atoms with Crippen LogP contribution in [0.3, 0.4) is 0 Å². The zero-order valence-electron chi connectivity index (χ0n) is 18.9. The highest BCUT2D eigenvalue weighted by Gasteiger charge is 2.34. The van der Waals surface area contributed by atoms with Gasteiger partial charge in [0, 0.05) is 39.5 Å². The molecular weight excluding hydrogens is 493 g/mol. The molecule has 1 aromatic heterocycles. The monoisotopic (exact) mass is 515 g/mol. The average molecular weight is 516 g/mol. The molecule has 0 spiro atoms. The number of fused-ring (bicyclic) bond motifs is 1. The van der Waals surface area contributed by atoms with E-state index in [1.54, 1.807) is 17.1 Å². The highest BCUT2D eigenvalue weighted by molar-refractivity contribution is 9.10. The van der Waals surface area contributed by atoms with Crippen LogP contribution in [0.25, 0.3) is 22.0 Å². The maximum Gasteiger partial charge on any atom is 0.242 e. The first-order valence-corrected chi connectivity index (χ1v) is 12.1. The molecule has 34 heavy (non-hydrogen) atoms. The average Bonchev–Trinajstić information content (AvgIpc) is 3.29. The summed E-state index contributed by atoms with van der Waals surface area (Å²) in [6, 6.07) is 22.3. The van der Waals surface area contributed by atoms with Crippen molar-refractivity contribution < 1.29 is 9.18 Å². The number of hydrazone groups is 1. The van der Waals surface area contributed by atoms with Crippen LogP contribution in [0.15, 0.2) is 82.4 Å². The van der Waals surface area contributed by atoms with Gasteiger partial charge in [0.1, 0.15) is 5.82 Å². The lowest BCUT2D eigenvalue weighted by molar-refractivity contribution is -0.132. The summed E-state index contributed by atoms with van der Waals surface area (Å²) >= 11 is 3.61. The van der Waals surface area contributed by atoms with Gasteiger partial charge in [-0.1, -0.05) is 65.3 Å². The molecule has 0 N–H and O–H groups in total. The summed E-state index contributed by atoms with van der Waals surface area (Å²) in [5.41, 5.74) is 6.48. The van der Waals surface area contributed by atoms with Gasteiger partial charge in [-0.05, 0) is 48.4 Å². The van der Waals surface area contributed by atoms with Gasteiger partial charge in [0.25, 0.3) is 0 Å². The maximum atomic E-state index is 13.6. The minimum atomic E-state index is -0.303. The second kappa shape index (κ2) is 9.11. The Balaban J connectivity index is 1.73. The van der Waals surface area contributed by atoms with Gasteiger partial charge in [-0.15, -0.1) is 0 Å². The van der Waals surface area contributed by atoms with Gasteiger partial charge in [0.15, 0.2) is 0 Å². The minimum Gasteiger partial charge on any atom is -0.273 e. The Hall–Kier alpha value is -3.38. The Morgan fingerprint density at radius 2 is 1.79 bits per heavy atom. The number of benzene rings is 3. The van der Waals surface area contributed by atoms with Gasteiger partial charge in [0.05, 0.1) is 17.3 Å². The molecule has 1 aliphatic heterocycles. The van der Waals surface area contributed by atoms with E-state index in [1.165, 1.54) is 12.1 Å². The van der Waals surface area contributed by atoms with Gasteiger partial charge in [0.2, 0.25) is 5.91 Å². The van der Waals surface area contributed by atoms with E-state index in [4.69, 9.17) is 10.1 Å². The molecule has 3 aromatic carbocycles. The lowest BCUT2D eigenvalue weighted by atomic mass is 9.89. The van der Waals surface area contributed by atoms with E-state index in [9.17, 15) is 9.18 Å². The van der Waals surface area contributed by atoms with Crippen LogP contribution in [0, 0.1) is 12.7 Å². The topological polar surface area (TPSA) is 45.6 Å². The summed E-state index contributed by atoms with van der Waals surface area (Å²) in [4.78, 5) is 17.8. The van der Waals surface area contributed by atoms with Crippen molar-refractivity contribution in [2.45, 2.75) is 32.7 Å². The van der Waals surface area contributed by atoms with Crippen LogP contribution in [0.1, 0.15) is 42.6 Å². The van der Waals surface area contributed by atoms with Crippen molar-refractivity contribution in [2.75, 3.05) is 0 Å². The first kappa shape index (κ1) is 22.4. The van der Waals surface area contributed by atoms with E-state index in [-0.39, 0.29) is 17.8 Å². The number of amides is 1. The van der Waals surface area contributed by atoms with Gasteiger partial charge in [-0.3, -0.25) is 9.78 Å². The number of nitrogens with zero attached hydrogens (tertiary/aromatic N) is 3. The zero-order chi connectivity index (χ0) is 23.8. The molecule has 0 aliphatic carbocycles. The SMILES string of the molecule is CCC(=O)N1N=C(c2c(C)nc3ccc(Br)cc3c2-c2ccccc2)CC1c1ccc(F)cc1. The van der Waals surface area contributed by atoms with Crippen LogP contribution in [-0.4, -0.2) is 21.6 Å². The van der Waals surface area contributed by atoms with Crippen molar-refractivity contribution >= 4 is 38.5 Å². The third kappa shape index (κ3) is 4.03. The van der Waals surface area contributed by atoms with Gasteiger partial charge >= 0.3 is 0 Å². The Morgan fingerprint density at radius 3 is 2.50 bits per heavy atom. The predicted molar refractivity (Wildman–Crippen MR) is 137 cm³/mol. The third-order valence-corrected chi connectivity index (χ3v) is 6.70. The molecule has 0 saturated carbocycles. The number of aromatic nitrogens is 1. The Kier molecular flexibility index (Phi) is 6.00. The molecule has 0 fully saturated rings. The molecule has 4 aromatic rings. The van der Waals surface area contributed by atoms with Crippen molar-refractivity contribution in [1.82, 2.24) is 9.99 Å². The Morgan fingerprint density at radius 1 is 1.06 bits per heavy atom. The predicted octanol–water partition coefficient (Wildman–Crippen LogP) is 7.20. The molecule has 5 rings (SSSR count). The highest BCUT2D eigenvalue weighted by Crippen LogP contribution is 2.40. The van der Waals surface area contributed by atoms with E-state index in [1.807, 2.05) is 44.2 Å². The van der Waals surface area contributed by atoms with Crippen LogP contribution in [0.5, 0.6) is 0 Å². The molecule has 4 nitrogen and oxygen atoms in total. The number of carbonyl (C=O) groups excluding carboxylic acids is 1. The molecular formula is C28H23BrFN3O. The number of hydrogen-bond acceptors (Lipinski definition) is 3. The number of aryl methyl sites for hydroxylation is 1. The van der Waals surface area contributed by atoms with Gasteiger partial charge in [-0.25, -0.2) is 9.40 Å². The number of halogens is 2. The first-order valence-electron chi connectivity index (χ1n) is 11.3. The van der Waals surface area contributed by atoms with Gasteiger partial charge in [-0.2, -0.15) is 5.10 Å². The summed E-state index contributed by atoms with van der Waals surface area (Å²) in [5, 5.41) is 7.41. The summed E-state index contributed by atoms with van der Waals surface area (Å²) in [7, 11) is 0. The van der Waals surface area contributed by atoms with Crippen molar-refractivity contribution in [3.8, 4) is 11.1 Å². The smallest absolute Gasteiger partial charge is 0.242 e. The highest BCUT2D eigenvalue weighted by atomic mass is 79.9. The first-order chi connectivity index (χ1) is 16.5.